The molecule has 1 aromatic rings. The summed E-state index contributed by atoms with van der Waals surface area (Å²) < 4.78 is 11.1. The molecule has 0 amide bonds. The average molecular weight is 267 g/mol. The first-order valence-corrected chi connectivity index (χ1v) is 8.26. The largest absolute Gasteiger partial charge is 0.308 e. The van der Waals surface area contributed by atoms with Gasteiger partial charge in [-0.05, 0) is 45.2 Å². The molecule has 0 aromatic heterocycles. The van der Waals surface area contributed by atoms with E-state index in [1.807, 2.05) is 0 Å². The Hall–Kier alpha value is -0.670. The van der Waals surface area contributed by atoms with E-state index in [1.54, 1.807) is 6.26 Å². The van der Waals surface area contributed by atoms with Crippen LogP contribution >= 0.6 is 0 Å². The average Bonchev–Trinajstić information content (AvgIpc) is 2.29. The molecule has 1 N–H and O–H groups in total. The zero-order valence-corrected chi connectivity index (χ0v) is 12.9. The van der Waals surface area contributed by atoms with Gasteiger partial charge in [0.1, 0.15) is 0 Å². The minimum atomic E-state index is -0.694. The highest BCUT2D eigenvalue weighted by atomic mass is 32.2. The second-order valence-corrected chi connectivity index (χ2v) is 6.77. The van der Waals surface area contributed by atoms with E-state index in [0.29, 0.717) is 12.1 Å². The van der Waals surface area contributed by atoms with Crippen LogP contribution in [0.3, 0.4) is 0 Å². The van der Waals surface area contributed by atoms with Gasteiger partial charge >= 0.3 is 0 Å². The van der Waals surface area contributed by atoms with Crippen molar-refractivity contribution in [1.29, 1.82) is 0 Å². The molecule has 0 saturated heterocycles. The highest BCUT2D eigenvalue weighted by Gasteiger charge is 2.12. The van der Waals surface area contributed by atoms with Gasteiger partial charge in [-0.1, -0.05) is 23.8 Å². The number of hydrogen-bond acceptors (Lipinski definition) is 2. The summed E-state index contributed by atoms with van der Waals surface area (Å²) in [6, 6.07) is 7.30. The maximum absolute atomic E-state index is 11.1. The lowest BCUT2D eigenvalue weighted by Gasteiger charge is -2.22. The third kappa shape index (κ3) is 4.91. The van der Waals surface area contributed by atoms with Gasteiger partial charge in [-0.15, -0.1) is 0 Å². The lowest BCUT2D eigenvalue weighted by molar-refractivity contribution is 0.469. The molecule has 0 bridgehead atoms. The molecule has 2 nitrogen and oxygen atoms in total. The van der Waals surface area contributed by atoms with Crippen molar-refractivity contribution in [2.75, 3.05) is 12.0 Å². The number of aryl methyl sites for hydroxylation is 2. The zero-order chi connectivity index (χ0) is 13.7. The summed E-state index contributed by atoms with van der Waals surface area (Å²) in [4.78, 5) is 0. The Morgan fingerprint density at radius 1 is 1.28 bits per heavy atom. The fraction of sp³-hybridized carbons (Fsp3) is 0.600. The molecular weight excluding hydrogens is 242 g/mol. The molecule has 0 aliphatic rings. The maximum Gasteiger partial charge on any atom is 0.0296 e. The van der Waals surface area contributed by atoms with Crippen LogP contribution in [-0.2, 0) is 10.8 Å². The van der Waals surface area contributed by atoms with Gasteiger partial charge in [0.05, 0.1) is 0 Å². The summed E-state index contributed by atoms with van der Waals surface area (Å²) in [6.07, 6.45) is 2.72. The van der Waals surface area contributed by atoms with Crippen molar-refractivity contribution in [3.63, 3.8) is 0 Å². The Kier molecular flexibility index (Phi) is 6.03. The van der Waals surface area contributed by atoms with Crippen molar-refractivity contribution < 1.29 is 4.21 Å². The van der Waals surface area contributed by atoms with E-state index >= 15 is 0 Å². The summed E-state index contributed by atoms with van der Waals surface area (Å²) in [5.41, 5.74) is 3.98. The van der Waals surface area contributed by atoms with Gasteiger partial charge in [-0.3, -0.25) is 4.21 Å². The third-order valence-electron chi connectivity index (χ3n) is 3.27. The third-order valence-corrected chi connectivity index (χ3v) is 4.08. The molecule has 1 rings (SSSR count). The van der Waals surface area contributed by atoms with Gasteiger partial charge in [0.2, 0.25) is 0 Å². The fourth-order valence-corrected chi connectivity index (χ4v) is 2.85. The molecule has 0 aliphatic heterocycles. The number of rotatable bonds is 6. The summed E-state index contributed by atoms with van der Waals surface area (Å²) in [7, 11) is -0.694. The standard InChI is InChI=1S/C15H25NOS/c1-11-6-7-12(2)15(10-11)14(4)16-13(3)8-9-18(5)17/h6-7,10,13-14,16H,8-9H2,1-5H3. The van der Waals surface area contributed by atoms with Crippen LogP contribution in [0.1, 0.15) is 43.0 Å². The van der Waals surface area contributed by atoms with Crippen molar-refractivity contribution in [3.05, 3.63) is 34.9 Å². The Bertz CT molecular complexity index is 417. The molecule has 0 fully saturated rings. The van der Waals surface area contributed by atoms with E-state index < -0.39 is 10.8 Å². The Morgan fingerprint density at radius 3 is 2.56 bits per heavy atom. The SMILES string of the molecule is Cc1ccc(C)c(C(C)NC(C)CCS(C)=O)c1. The van der Waals surface area contributed by atoms with E-state index in [9.17, 15) is 4.21 Å². The van der Waals surface area contributed by atoms with Crippen LogP contribution in [0.4, 0.5) is 0 Å². The van der Waals surface area contributed by atoms with Crippen molar-refractivity contribution in [1.82, 2.24) is 5.32 Å². The predicted molar refractivity (Wildman–Crippen MR) is 80.5 cm³/mol. The van der Waals surface area contributed by atoms with Crippen molar-refractivity contribution in [2.24, 2.45) is 0 Å². The molecule has 3 heteroatoms. The molecule has 1 aromatic carbocycles. The van der Waals surface area contributed by atoms with Crippen LogP contribution in [0.15, 0.2) is 18.2 Å². The van der Waals surface area contributed by atoms with Crippen LogP contribution in [-0.4, -0.2) is 22.3 Å². The summed E-state index contributed by atoms with van der Waals surface area (Å²) in [6.45, 7) is 8.63. The van der Waals surface area contributed by atoms with Crippen LogP contribution in [0.25, 0.3) is 0 Å². The fourth-order valence-electron chi connectivity index (χ4n) is 2.17. The number of benzene rings is 1. The first kappa shape index (κ1) is 15.4. The molecule has 0 aliphatic carbocycles. The molecule has 18 heavy (non-hydrogen) atoms. The minimum absolute atomic E-state index is 0.338. The smallest absolute Gasteiger partial charge is 0.0296 e. The lowest BCUT2D eigenvalue weighted by atomic mass is 9.99. The minimum Gasteiger partial charge on any atom is -0.308 e. The van der Waals surface area contributed by atoms with E-state index in [-0.39, 0.29) is 0 Å². The predicted octanol–water partition coefficient (Wildman–Crippen LogP) is 3.11. The zero-order valence-electron chi connectivity index (χ0n) is 12.1. The van der Waals surface area contributed by atoms with Gasteiger partial charge in [0.15, 0.2) is 0 Å². The molecule has 3 atom stereocenters. The monoisotopic (exact) mass is 267 g/mol. The van der Waals surface area contributed by atoms with E-state index in [1.165, 1.54) is 16.7 Å². The Balaban J connectivity index is 2.61. The van der Waals surface area contributed by atoms with Gasteiger partial charge in [-0.25, -0.2) is 0 Å². The van der Waals surface area contributed by atoms with Gasteiger partial charge in [0, 0.05) is 34.9 Å². The van der Waals surface area contributed by atoms with E-state index in [4.69, 9.17) is 0 Å². The summed E-state index contributed by atoms with van der Waals surface area (Å²) in [5.74, 6) is 0.772. The topological polar surface area (TPSA) is 29.1 Å². The molecule has 3 unspecified atom stereocenters. The van der Waals surface area contributed by atoms with Crippen LogP contribution in [0.5, 0.6) is 0 Å². The molecule has 0 radical (unpaired) electrons. The molecular formula is C15H25NOS. The van der Waals surface area contributed by atoms with E-state index in [0.717, 1.165) is 12.2 Å². The highest BCUT2D eigenvalue weighted by Crippen LogP contribution is 2.19. The maximum atomic E-state index is 11.1. The second kappa shape index (κ2) is 7.05. The van der Waals surface area contributed by atoms with Crippen molar-refractivity contribution >= 4 is 10.8 Å². The van der Waals surface area contributed by atoms with Crippen molar-refractivity contribution in [3.8, 4) is 0 Å². The summed E-state index contributed by atoms with van der Waals surface area (Å²) >= 11 is 0. The van der Waals surface area contributed by atoms with E-state index in [2.05, 4.69) is 51.2 Å². The van der Waals surface area contributed by atoms with Crippen molar-refractivity contribution in [2.45, 2.75) is 46.2 Å². The number of hydrogen-bond donors (Lipinski definition) is 1. The second-order valence-electron chi connectivity index (χ2n) is 5.22. The number of nitrogens with one attached hydrogen (secondary N) is 1. The Morgan fingerprint density at radius 2 is 1.94 bits per heavy atom. The lowest BCUT2D eigenvalue weighted by Crippen LogP contribution is -2.30. The van der Waals surface area contributed by atoms with Gasteiger partial charge in [-0.2, -0.15) is 0 Å². The first-order chi connectivity index (χ1) is 8.40. The van der Waals surface area contributed by atoms with Crippen LogP contribution in [0.2, 0.25) is 0 Å². The molecule has 0 heterocycles. The van der Waals surface area contributed by atoms with Crippen LogP contribution < -0.4 is 5.32 Å². The van der Waals surface area contributed by atoms with Crippen LogP contribution in [0, 0.1) is 13.8 Å². The summed E-state index contributed by atoms with van der Waals surface area (Å²) in [5, 5.41) is 3.59. The molecule has 0 saturated carbocycles. The quantitative estimate of drug-likeness (QED) is 0.858. The normalized spacial score (nSPS) is 16.3. The molecule has 102 valence electrons. The van der Waals surface area contributed by atoms with Gasteiger partial charge < -0.3 is 5.32 Å². The van der Waals surface area contributed by atoms with Gasteiger partial charge in [0.25, 0.3) is 0 Å². The first-order valence-electron chi connectivity index (χ1n) is 6.53. The highest BCUT2D eigenvalue weighted by molar-refractivity contribution is 7.84. The molecule has 0 spiro atoms. The Labute approximate surface area is 114 Å².